The van der Waals surface area contributed by atoms with E-state index in [0.717, 1.165) is 41.7 Å². The summed E-state index contributed by atoms with van der Waals surface area (Å²) in [6, 6.07) is 16.8. The van der Waals surface area contributed by atoms with Gasteiger partial charge in [-0.05, 0) is 86.0 Å². The predicted octanol–water partition coefficient (Wildman–Crippen LogP) is 7.67. The van der Waals surface area contributed by atoms with Crippen molar-refractivity contribution in [1.82, 2.24) is 0 Å². The molecule has 3 fully saturated rings. The van der Waals surface area contributed by atoms with Gasteiger partial charge in [0.25, 0.3) is 0 Å². The lowest BCUT2D eigenvalue weighted by molar-refractivity contribution is 0.0304. The van der Waals surface area contributed by atoms with E-state index in [1.165, 1.54) is 44.9 Å². The first-order chi connectivity index (χ1) is 15.6. The van der Waals surface area contributed by atoms with Gasteiger partial charge in [-0.2, -0.15) is 10.5 Å². The summed E-state index contributed by atoms with van der Waals surface area (Å²) in [4.78, 5) is 0. The molecule has 0 amide bonds. The lowest BCUT2D eigenvalue weighted by Gasteiger charge is -2.54. The zero-order chi connectivity index (χ0) is 22.6. The number of fused-ring (bicyclic) bond motifs is 3. The van der Waals surface area contributed by atoms with Crippen molar-refractivity contribution in [1.29, 1.82) is 10.5 Å². The highest BCUT2D eigenvalue weighted by molar-refractivity contribution is 5.75. The third-order valence-corrected chi connectivity index (χ3v) is 8.19. The highest BCUT2D eigenvalue weighted by atomic mass is 16.5. The van der Waals surface area contributed by atoms with Gasteiger partial charge in [-0.1, -0.05) is 50.5 Å². The molecule has 0 aromatic heterocycles. The van der Waals surface area contributed by atoms with Crippen LogP contribution in [0.25, 0.3) is 11.1 Å². The fourth-order valence-electron chi connectivity index (χ4n) is 6.21. The lowest BCUT2D eigenvalue weighted by atomic mass is 9.50. The van der Waals surface area contributed by atoms with E-state index in [1.54, 1.807) is 0 Å². The summed E-state index contributed by atoms with van der Waals surface area (Å²) in [5, 5.41) is 20.2. The van der Waals surface area contributed by atoms with Crippen LogP contribution in [-0.2, 0) is 5.41 Å². The Hall–Kier alpha value is -2.78. The van der Waals surface area contributed by atoms with Crippen LogP contribution in [0.2, 0.25) is 0 Å². The number of hydrogen-bond donors (Lipinski definition) is 0. The molecule has 3 aliphatic rings. The van der Waals surface area contributed by atoms with Crippen molar-refractivity contribution in [3.8, 4) is 29.0 Å². The Kier molecular flexibility index (Phi) is 6.57. The molecule has 5 rings (SSSR count). The Morgan fingerprint density at radius 1 is 0.812 bits per heavy atom. The predicted molar refractivity (Wildman–Crippen MR) is 128 cm³/mol. The molecule has 2 aromatic carbocycles. The fraction of sp³-hybridized carbons (Fsp3) is 0.517. The van der Waals surface area contributed by atoms with Crippen molar-refractivity contribution < 1.29 is 4.74 Å². The second-order valence-corrected chi connectivity index (χ2v) is 9.83. The number of nitriles is 2. The number of nitrogens with zero attached hydrogens (tertiary/aromatic N) is 2. The largest absolute Gasteiger partial charge is 0.494 e. The summed E-state index contributed by atoms with van der Waals surface area (Å²) in [6.07, 6.45) is 12.6. The van der Waals surface area contributed by atoms with E-state index < -0.39 is 0 Å². The molecule has 0 N–H and O–H groups in total. The molecule has 3 heteroatoms. The number of ether oxygens (including phenoxy) is 1. The smallest absolute Gasteiger partial charge is 0.119 e. The number of benzene rings is 2. The second kappa shape index (κ2) is 9.38. The Morgan fingerprint density at radius 2 is 1.47 bits per heavy atom. The first-order valence-electron chi connectivity index (χ1n) is 12.3. The molecule has 166 valence electrons. The maximum absolute atomic E-state index is 10.1. The van der Waals surface area contributed by atoms with Crippen LogP contribution in [0, 0.1) is 28.1 Å². The van der Waals surface area contributed by atoms with Gasteiger partial charge in [-0.3, -0.25) is 0 Å². The zero-order valence-corrected chi connectivity index (χ0v) is 19.5. The molecule has 3 aliphatic carbocycles. The first kappa shape index (κ1) is 22.4. The highest BCUT2D eigenvalue weighted by Crippen LogP contribution is 2.60. The van der Waals surface area contributed by atoms with Crippen molar-refractivity contribution >= 4 is 0 Å². The average Bonchev–Trinajstić information content (AvgIpc) is 2.85. The number of unbranched alkanes of at least 4 members (excludes halogenated alkanes) is 2. The minimum atomic E-state index is 0.0700. The van der Waals surface area contributed by atoms with Gasteiger partial charge in [-0.15, -0.1) is 0 Å². The van der Waals surface area contributed by atoms with Gasteiger partial charge in [0.05, 0.1) is 17.7 Å². The first-order valence-corrected chi connectivity index (χ1v) is 12.3. The van der Waals surface area contributed by atoms with Crippen molar-refractivity contribution in [3.63, 3.8) is 0 Å². The Morgan fingerprint density at radius 3 is 2.03 bits per heavy atom. The van der Waals surface area contributed by atoms with Crippen molar-refractivity contribution in [2.75, 3.05) is 6.61 Å². The molecule has 0 atom stereocenters. The van der Waals surface area contributed by atoms with Crippen molar-refractivity contribution in [3.05, 3.63) is 53.1 Å². The van der Waals surface area contributed by atoms with Crippen LogP contribution < -0.4 is 4.74 Å². The van der Waals surface area contributed by atoms with Crippen LogP contribution >= 0.6 is 0 Å². The highest BCUT2D eigenvalue weighted by Gasteiger charge is 2.49. The van der Waals surface area contributed by atoms with E-state index in [-0.39, 0.29) is 5.41 Å². The minimum Gasteiger partial charge on any atom is -0.494 e. The van der Waals surface area contributed by atoms with E-state index >= 15 is 0 Å². The maximum Gasteiger partial charge on any atom is 0.119 e. The number of rotatable bonds is 8. The summed E-state index contributed by atoms with van der Waals surface area (Å²) in [5.41, 5.74) is 4.63. The SMILES string of the molecule is CCCCCC12CCC(c3ccc(-c4ccc(OCC)cc4)c(C#N)c3C#N)(CC1)CC2. The Bertz CT molecular complexity index is 1010. The van der Waals surface area contributed by atoms with Crippen LogP contribution in [0.15, 0.2) is 36.4 Å². The monoisotopic (exact) mass is 426 g/mol. The number of hydrogen-bond acceptors (Lipinski definition) is 3. The molecular weight excluding hydrogens is 392 g/mol. The van der Waals surface area contributed by atoms with Crippen molar-refractivity contribution in [2.45, 2.75) is 83.5 Å². The third kappa shape index (κ3) is 4.02. The molecule has 0 spiro atoms. The molecule has 32 heavy (non-hydrogen) atoms. The molecule has 3 nitrogen and oxygen atoms in total. The van der Waals surface area contributed by atoms with Gasteiger partial charge in [0, 0.05) is 5.56 Å². The summed E-state index contributed by atoms with van der Waals surface area (Å²) in [7, 11) is 0. The van der Waals surface area contributed by atoms with Gasteiger partial charge >= 0.3 is 0 Å². The lowest BCUT2D eigenvalue weighted by Crippen LogP contribution is -2.44. The Labute approximate surface area is 193 Å². The van der Waals surface area contributed by atoms with Gasteiger partial charge < -0.3 is 4.74 Å². The normalized spacial score (nSPS) is 24.0. The van der Waals surface area contributed by atoms with E-state index in [9.17, 15) is 10.5 Å². The molecule has 0 unspecified atom stereocenters. The summed E-state index contributed by atoms with van der Waals surface area (Å²) < 4.78 is 5.55. The standard InChI is InChI=1S/C29H34N2O/c1-3-5-6-13-28-14-17-29(18-15-28,19-16-28)27-12-11-24(25(20-30)26(27)21-31)22-7-9-23(10-8-22)32-4-2/h7-12H,3-6,13-19H2,1-2H3. The van der Waals surface area contributed by atoms with Crippen LogP contribution in [0.3, 0.4) is 0 Å². The fourth-order valence-corrected chi connectivity index (χ4v) is 6.21. The molecule has 2 aromatic rings. The average molecular weight is 427 g/mol. The quantitative estimate of drug-likeness (QED) is 0.407. The topological polar surface area (TPSA) is 56.8 Å². The molecule has 0 radical (unpaired) electrons. The minimum absolute atomic E-state index is 0.0700. The van der Waals surface area contributed by atoms with Gasteiger partial charge in [-0.25, -0.2) is 0 Å². The summed E-state index contributed by atoms with van der Waals surface area (Å²) >= 11 is 0. The van der Waals surface area contributed by atoms with E-state index in [2.05, 4.69) is 31.2 Å². The van der Waals surface area contributed by atoms with E-state index in [4.69, 9.17) is 4.74 Å². The van der Waals surface area contributed by atoms with E-state index in [0.29, 0.717) is 23.1 Å². The molecule has 2 bridgehead atoms. The third-order valence-electron chi connectivity index (χ3n) is 8.19. The summed E-state index contributed by atoms with van der Waals surface area (Å²) in [6.45, 7) is 4.86. The van der Waals surface area contributed by atoms with Crippen LogP contribution in [0.1, 0.15) is 94.7 Å². The van der Waals surface area contributed by atoms with Crippen molar-refractivity contribution in [2.24, 2.45) is 5.41 Å². The molecule has 0 heterocycles. The molecule has 0 aliphatic heterocycles. The second-order valence-electron chi connectivity index (χ2n) is 9.83. The zero-order valence-electron chi connectivity index (χ0n) is 19.5. The van der Waals surface area contributed by atoms with E-state index in [1.807, 2.05) is 31.2 Å². The summed E-state index contributed by atoms with van der Waals surface area (Å²) in [5.74, 6) is 0.817. The Balaban J connectivity index is 1.64. The van der Waals surface area contributed by atoms with Gasteiger partial charge in [0.1, 0.15) is 17.9 Å². The van der Waals surface area contributed by atoms with Crippen LogP contribution in [0.5, 0.6) is 5.75 Å². The van der Waals surface area contributed by atoms with Crippen LogP contribution in [0.4, 0.5) is 0 Å². The molecule has 3 saturated carbocycles. The molecular formula is C29H34N2O. The van der Waals surface area contributed by atoms with Crippen LogP contribution in [-0.4, -0.2) is 6.61 Å². The van der Waals surface area contributed by atoms with Gasteiger partial charge in [0.15, 0.2) is 0 Å². The molecule has 0 saturated heterocycles. The van der Waals surface area contributed by atoms with Gasteiger partial charge in [0.2, 0.25) is 0 Å². The maximum atomic E-state index is 10.1.